The SMILES string of the molecule is CCCCCCCCOC(=O)CC(C(=O)OCCCCCCCC)S(=O)(=O)O.O=S(=O)(O)O. The molecule has 1 atom stereocenters. The predicted molar refractivity (Wildman–Crippen MR) is 123 cm³/mol. The molecule has 13 heteroatoms. The lowest BCUT2D eigenvalue weighted by atomic mass is 10.1. The molecule has 0 heterocycles. The fourth-order valence-electron chi connectivity index (χ4n) is 2.74. The van der Waals surface area contributed by atoms with Gasteiger partial charge in [-0.05, 0) is 12.8 Å². The van der Waals surface area contributed by atoms with E-state index in [0.717, 1.165) is 57.8 Å². The van der Waals surface area contributed by atoms with Gasteiger partial charge in [0, 0.05) is 0 Å². The van der Waals surface area contributed by atoms with Gasteiger partial charge in [0.15, 0.2) is 5.25 Å². The van der Waals surface area contributed by atoms with Crippen molar-refractivity contribution in [2.75, 3.05) is 13.2 Å². The molecule has 0 spiro atoms. The molecule has 3 N–H and O–H groups in total. The average molecular weight is 521 g/mol. The van der Waals surface area contributed by atoms with Gasteiger partial charge in [0.05, 0.1) is 19.6 Å². The molecule has 0 aromatic carbocycles. The Morgan fingerprint density at radius 2 is 1.03 bits per heavy atom. The first kappa shape index (κ1) is 33.9. The van der Waals surface area contributed by atoms with E-state index < -0.39 is 44.1 Å². The topological polar surface area (TPSA) is 182 Å². The normalized spacial score (nSPS) is 12.4. The Morgan fingerprint density at radius 1 is 0.667 bits per heavy atom. The second-order valence-corrected chi connectivity index (χ2v) is 10.1. The predicted octanol–water partition coefficient (Wildman–Crippen LogP) is 3.79. The van der Waals surface area contributed by atoms with E-state index in [-0.39, 0.29) is 13.2 Å². The maximum absolute atomic E-state index is 12.0. The fourth-order valence-corrected chi connectivity index (χ4v) is 3.39. The molecule has 1 unspecified atom stereocenters. The first-order chi connectivity index (χ1) is 15.3. The minimum atomic E-state index is -4.73. The molecule has 0 aromatic rings. The Hall–Kier alpha value is -1.28. The Morgan fingerprint density at radius 3 is 1.42 bits per heavy atom. The van der Waals surface area contributed by atoms with E-state index in [0.29, 0.717) is 12.8 Å². The maximum Gasteiger partial charge on any atom is 0.394 e. The average Bonchev–Trinajstić information content (AvgIpc) is 2.68. The van der Waals surface area contributed by atoms with Gasteiger partial charge in [0.2, 0.25) is 0 Å². The first-order valence-electron chi connectivity index (χ1n) is 11.3. The van der Waals surface area contributed by atoms with E-state index in [1.54, 1.807) is 0 Å². The summed E-state index contributed by atoms with van der Waals surface area (Å²) in [7, 11) is -9.40. The van der Waals surface area contributed by atoms with Gasteiger partial charge < -0.3 is 9.47 Å². The van der Waals surface area contributed by atoms with Crippen LogP contribution in [0.2, 0.25) is 0 Å². The summed E-state index contributed by atoms with van der Waals surface area (Å²) < 4.78 is 73.6. The van der Waals surface area contributed by atoms with E-state index in [1.807, 2.05) is 0 Å². The number of carbonyl (C=O) groups excluding carboxylic acids is 2. The lowest BCUT2D eigenvalue weighted by molar-refractivity contribution is -0.150. The number of hydrogen-bond acceptors (Lipinski definition) is 8. The molecule has 0 rings (SSSR count). The molecule has 0 fully saturated rings. The van der Waals surface area contributed by atoms with E-state index in [4.69, 9.17) is 27.0 Å². The summed E-state index contributed by atoms with van der Waals surface area (Å²) in [5.41, 5.74) is 0. The Bertz CT molecular complexity index is 710. The van der Waals surface area contributed by atoms with Crippen LogP contribution < -0.4 is 0 Å². The van der Waals surface area contributed by atoms with E-state index >= 15 is 0 Å². The number of unbranched alkanes of at least 4 members (excludes halogenated alkanes) is 10. The van der Waals surface area contributed by atoms with Crippen molar-refractivity contribution in [2.24, 2.45) is 0 Å². The molecule has 198 valence electrons. The molecule has 0 aliphatic heterocycles. The Balaban J connectivity index is 0. The summed E-state index contributed by atoms with van der Waals surface area (Å²) in [5.74, 6) is -1.93. The number of carbonyl (C=O) groups is 2. The largest absolute Gasteiger partial charge is 0.466 e. The highest BCUT2D eigenvalue weighted by molar-refractivity contribution is 7.87. The molecular weight excluding hydrogens is 480 g/mol. The third-order valence-corrected chi connectivity index (χ3v) is 5.56. The summed E-state index contributed by atoms with van der Waals surface area (Å²) in [4.78, 5) is 23.8. The van der Waals surface area contributed by atoms with Crippen molar-refractivity contribution < 1.29 is 49.6 Å². The van der Waals surface area contributed by atoms with Gasteiger partial charge in [-0.3, -0.25) is 23.2 Å². The van der Waals surface area contributed by atoms with E-state index in [1.165, 1.54) is 6.42 Å². The van der Waals surface area contributed by atoms with Crippen molar-refractivity contribution in [1.29, 1.82) is 0 Å². The standard InChI is InChI=1S/C20H38O7S.H2O4S/c1-3-5-7-9-11-13-15-26-19(21)17-18(28(23,24)25)20(22)27-16-14-12-10-8-6-4-2;1-5(2,3)4/h18H,3-17H2,1-2H3,(H,23,24,25);(H2,1,2,3,4). The van der Waals surface area contributed by atoms with E-state index in [2.05, 4.69) is 13.8 Å². The van der Waals surface area contributed by atoms with Crippen LogP contribution in [-0.2, 0) is 39.6 Å². The summed E-state index contributed by atoms with van der Waals surface area (Å²) in [5, 5.41) is -1.93. The quantitative estimate of drug-likeness (QED) is 0.136. The molecule has 0 aliphatic carbocycles. The molecular formula is C20H40O11S2. The molecule has 0 aromatic heterocycles. The minimum Gasteiger partial charge on any atom is -0.466 e. The van der Waals surface area contributed by atoms with Gasteiger partial charge in [-0.2, -0.15) is 16.8 Å². The smallest absolute Gasteiger partial charge is 0.394 e. The molecule has 33 heavy (non-hydrogen) atoms. The second kappa shape index (κ2) is 20.1. The monoisotopic (exact) mass is 520 g/mol. The van der Waals surface area contributed by atoms with Crippen LogP contribution in [-0.4, -0.2) is 60.9 Å². The van der Waals surface area contributed by atoms with Crippen molar-refractivity contribution in [3.05, 3.63) is 0 Å². The molecule has 0 saturated carbocycles. The zero-order valence-electron chi connectivity index (χ0n) is 19.6. The van der Waals surface area contributed by atoms with Gasteiger partial charge in [-0.25, -0.2) is 0 Å². The Labute approximate surface area is 197 Å². The molecule has 0 amide bonds. The van der Waals surface area contributed by atoms with Crippen molar-refractivity contribution >= 4 is 32.5 Å². The molecule has 0 bridgehead atoms. The summed E-state index contributed by atoms with van der Waals surface area (Å²) in [6.07, 6.45) is 11.3. The number of rotatable bonds is 18. The van der Waals surface area contributed by atoms with Crippen molar-refractivity contribution in [1.82, 2.24) is 0 Å². The van der Waals surface area contributed by atoms with Crippen LogP contribution >= 0.6 is 0 Å². The summed E-state index contributed by atoms with van der Waals surface area (Å²) in [6, 6.07) is 0. The summed E-state index contributed by atoms with van der Waals surface area (Å²) >= 11 is 0. The third kappa shape index (κ3) is 26.9. The highest BCUT2D eigenvalue weighted by Gasteiger charge is 2.35. The fraction of sp³-hybridized carbons (Fsp3) is 0.900. The van der Waals surface area contributed by atoms with Gasteiger partial charge in [0.1, 0.15) is 0 Å². The highest BCUT2D eigenvalue weighted by atomic mass is 32.3. The van der Waals surface area contributed by atoms with Crippen LogP contribution in [0.1, 0.15) is 97.3 Å². The second-order valence-electron chi connectivity index (χ2n) is 7.58. The van der Waals surface area contributed by atoms with Crippen molar-refractivity contribution in [3.63, 3.8) is 0 Å². The lowest BCUT2D eigenvalue weighted by Crippen LogP contribution is -2.34. The highest BCUT2D eigenvalue weighted by Crippen LogP contribution is 2.11. The van der Waals surface area contributed by atoms with Gasteiger partial charge in [0.25, 0.3) is 10.1 Å². The van der Waals surface area contributed by atoms with E-state index in [9.17, 15) is 22.6 Å². The van der Waals surface area contributed by atoms with Crippen LogP contribution in [0.4, 0.5) is 0 Å². The number of hydrogen-bond donors (Lipinski definition) is 3. The minimum absolute atomic E-state index is 0.0732. The van der Waals surface area contributed by atoms with Crippen LogP contribution in [0, 0.1) is 0 Å². The zero-order chi connectivity index (χ0) is 25.8. The van der Waals surface area contributed by atoms with Crippen LogP contribution in [0.3, 0.4) is 0 Å². The van der Waals surface area contributed by atoms with Crippen LogP contribution in [0.15, 0.2) is 0 Å². The third-order valence-electron chi connectivity index (χ3n) is 4.48. The Kier molecular flexibility index (Phi) is 20.7. The van der Waals surface area contributed by atoms with Crippen LogP contribution in [0.5, 0.6) is 0 Å². The molecule has 0 saturated heterocycles. The zero-order valence-corrected chi connectivity index (χ0v) is 21.2. The summed E-state index contributed by atoms with van der Waals surface area (Å²) in [6.45, 7) is 4.50. The lowest BCUT2D eigenvalue weighted by Gasteiger charge is -2.13. The first-order valence-corrected chi connectivity index (χ1v) is 14.2. The van der Waals surface area contributed by atoms with Gasteiger partial charge >= 0.3 is 22.3 Å². The number of ether oxygens (including phenoxy) is 2. The van der Waals surface area contributed by atoms with Crippen molar-refractivity contribution in [3.8, 4) is 0 Å². The molecule has 0 radical (unpaired) electrons. The van der Waals surface area contributed by atoms with Crippen LogP contribution in [0.25, 0.3) is 0 Å². The van der Waals surface area contributed by atoms with Gasteiger partial charge in [-0.1, -0.05) is 78.1 Å². The van der Waals surface area contributed by atoms with Gasteiger partial charge in [-0.15, -0.1) is 0 Å². The molecule has 0 aliphatic rings. The number of esters is 2. The molecule has 11 nitrogen and oxygen atoms in total. The maximum atomic E-state index is 12.0. The van der Waals surface area contributed by atoms with Crippen molar-refractivity contribution in [2.45, 2.75) is 103 Å².